The first-order valence-electron chi connectivity index (χ1n) is 9.73. The largest absolute Gasteiger partial charge is 0.449 e. The molecule has 3 rings (SSSR count). The van der Waals surface area contributed by atoms with E-state index in [4.69, 9.17) is 4.74 Å². The van der Waals surface area contributed by atoms with Gasteiger partial charge in [-0.25, -0.2) is 9.48 Å². The van der Waals surface area contributed by atoms with Gasteiger partial charge in [0.2, 0.25) is 0 Å². The lowest BCUT2D eigenvalue weighted by Crippen LogP contribution is -2.29. The average Bonchev–Trinajstić information content (AvgIpc) is 3.02. The number of amides is 1. The summed E-state index contributed by atoms with van der Waals surface area (Å²) in [4.78, 5) is 24.5. The highest BCUT2D eigenvalue weighted by atomic mass is 16.5. The van der Waals surface area contributed by atoms with Crippen LogP contribution in [0.4, 0.5) is 5.69 Å². The number of nitrogens with zero attached hydrogens (tertiary/aromatic N) is 2. The molecule has 1 aromatic heterocycles. The summed E-state index contributed by atoms with van der Waals surface area (Å²) in [6.07, 6.45) is 2.07. The number of hydrogen-bond donors (Lipinski definition) is 1. The van der Waals surface area contributed by atoms with Gasteiger partial charge in [-0.2, -0.15) is 5.10 Å². The highest BCUT2D eigenvalue weighted by Crippen LogP contribution is 2.19. The first-order valence-corrected chi connectivity index (χ1v) is 9.73. The van der Waals surface area contributed by atoms with Crippen LogP contribution in [0.1, 0.15) is 29.4 Å². The molecule has 0 aliphatic rings. The van der Waals surface area contributed by atoms with E-state index in [0.29, 0.717) is 5.69 Å². The Bertz CT molecular complexity index is 1070. The first-order chi connectivity index (χ1) is 14.3. The van der Waals surface area contributed by atoms with Crippen LogP contribution < -0.4 is 5.32 Å². The van der Waals surface area contributed by atoms with Crippen molar-refractivity contribution in [3.8, 4) is 5.69 Å². The minimum absolute atomic E-state index is 0.384. The quantitative estimate of drug-likeness (QED) is 0.490. The van der Waals surface area contributed by atoms with Crippen molar-refractivity contribution in [2.45, 2.75) is 33.8 Å². The summed E-state index contributed by atoms with van der Waals surface area (Å²) in [7, 11) is 0. The summed E-state index contributed by atoms with van der Waals surface area (Å²) in [5.74, 6) is -0.974. The molecule has 154 valence electrons. The number of para-hydroxylation sites is 1. The van der Waals surface area contributed by atoms with E-state index in [1.165, 1.54) is 6.08 Å². The highest BCUT2D eigenvalue weighted by molar-refractivity contribution is 5.96. The first kappa shape index (κ1) is 21.0. The second-order valence-corrected chi connectivity index (χ2v) is 7.10. The minimum Gasteiger partial charge on any atom is -0.449 e. The normalized spacial score (nSPS) is 12.0. The van der Waals surface area contributed by atoms with Gasteiger partial charge in [0, 0.05) is 23.0 Å². The van der Waals surface area contributed by atoms with Crippen LogP contribution in [0, 0.1) is 20.8 Å². The van der Waals surface area contributed by atoms with E-state index in [9.17, 15) is 9.59 Å². The predicted molar refractivity (Wildman–Crippen MR) is 117 cm³/mol. The number of benzene rings is 2. The smallest absolute Gasteiger partial charge is 0.331 e. The molecule has 0 bridgehead atoms. The molecule has 0 aliphatic heterocycles. The molecule has 1 atom stereocenters. The third-order valence-electron chi connectivity index (χ3n) is 4.72. The van der Waals surface area contributed by atoms with Gasteiger partial charge in [-0.05, 0) is 58.0 Å². The molecule has 6 nitrogen and oxygen atoms in total. The molecule has 0 spiro atoms. The molecule has 0 saturated carbocycles. The Morgan fingerprint density at radius 2 is 1.70 bits per heavy atom. The summed E-state index contributed by atoms with van der Waals surface area (Å²) < 4.78 is 7.07. The van der Waals surface area contributed by atoms with Gasteiger partial charge in [0.15, 0.2) is 6.10 Å². The van der Waals surface area contributed by atoms with E-state index in [0.717, 1.165) is 28.2 Å². The van der Waals surface area contributed by atoms with Gasteiger partial charge in [0.1, 0.15) is 0 Å². The van der Waals surface area contributed by atoms with Crippen LogP contribution in [0.3, 0.4) is 0 Å². The van der Waals surface area contributed by atoms with Crippen molar-refractivity contribution in [1.29, 1.82) is 0 Å². The van der Waals surface area contributed by atoms with Gasteiger partial charge in [0.05, 0.1) is 11.4 Å². The number of aryl methyl sites for hydroxylation is 2. The van der Waals surface area contributed by atoms with Crippen LogP contribution in [-0.4, -0.2) is 27.8 Å². The molecule has 6 heteroatoms. The van der Waals surface area contributed by atoms with Crippen LogP contribution >= 0.6 is 0 Å². The number of rotatable bonds is 6. The molecule has 3 aromatic rings. The zero-order valence-electron chi connectivity index (χ0n) is 17.5. The van der Waals surface area contributed by atoms with Gasteiger partial charge in [-0.15, -0.1) is 0 Å². The highest BCUT2D eigenvalue weighted by Gasteiger charge is 2.17. The number of hydrogen-bond acceptors (Lipinski definition) is 4. The number of anilines is 1. The summed E-state index contributed by atoms with van der Waals surface area (Å²) in [6.45, 7) is 7.33. The van der Waals surface area contributed by atoms with Gasteiger partial charge < -0.3 is 10.1 Å². The summed E-state index contributed by atoms with van der Waals surface area (Å²) >= 11 is 0. The fourth-order valence-electron chi connectivity index (χ4n) is 3.02. The zero-order chi connectivity index (χ0) is 21.7. The van der Waals surface area contributed by atoms with E-state index in [2.05, 4.69) is 10.4 Å². The summed E-state index contributed by atoms with van der Waals surface area (Å²) in [5.41, 5.74) is 5.25. The lowest BCUT2D eigenvalue weighted by atomic mass is 10.2. The average molecular weight is 403 g/mol. The van der Waals surface area contributed by atoms with Crippen LogP contribution in [0.2, 0.25) is 0 Å². The Balaban J connectivity index is 1.64. The summed E-state index contributed by atoms with van der Waals surface area (Å²) in [6, 6.07) is 17.2. The predicted octanol–water partition coefficient (Wildman–Crippen LogP) is 4.38. The van der Waals surface area contributed by atoms with E-state index in [1.807, 2.05) is 67.9 Å². The van der Waals surface area contributed by atoms with Crippen molar-refractivity contribution in [3.05, 3.63) is 83.2 Å². The van der Waals surface area contributed by atoms with Crippen molar-refractivity contribution in [3.63, 3.8) is 0 Å². The fourth-order valence-corrected chi connectivity index (χ4v) is 3.02. The van der Waals surface area contributed by atoms with Crippen molar-refractivity contribution < 1.29 is 14.3 Å². The lowest BCUT2D eigenvalue weighted by Gasteiger charge is -2.12. The van der Waals surface area contributed by atoms with Crippen LogP contribution in [0.5, 0.6) is 0 Å². The standard InChI is InChI=1S/C24H25N3O3/c1-16-10-12-20(13-11-16)25-24(29)19(4)30-23(28)15-14-22-17(2)26-27(18(22)3)21-8-6-5-7-9-21/h5-15,19H,1-4H3,(H,25,29)/b15-14+/t19-/m1/s1. The van der Waals surface area contributed by atoms with Gasteiger partial charge in [0.25, 0.3) is 5.91 Å². The van der Waals surface area contributed by atoms with E-state index in [-0.39, 0.29) is 5.91 Å². The molecular weight excluding hydrogens is 378 g/mol. The number of carbonyl (C=O) groups excluding carboxylic acids is 2. The molecule has 0 aliphatic carbocycles. The van der Waals surface area contributed by atoms with Crippen LogP contribution in [0.25, 0.3) is 11.8 Å². The minimum atomic E-state index is -0.919. The van der Waals surface area contributed by atoms with Crippen molar-refractivity contribution in [1.82, 2.24) is 9.78 Å². The molecule has 0 saturated heterocycles. The Labute approximate surface area is 176 Å². The number of carbonyl (C=O) groups is 2. The van der Waals surface area contributed by atoms with E-state index in [1.54, 1.807) is 25.1 Å². The molecule has 30 heavy (non-hydrogen) atoms. The topological polar surface area (TPSA) is 73.2 Å². The maximum absolute atomic E-state index is 12.2. The zero-order valence-corrected chi connectivity index (χ0v) is 17.5. The number of nitrogens with one attached hydrogen (secondary N) is 1. The Morgan fingerprint density at radius 1 is 1.03 bits per heavy atom. The van der Waals surface area contributed by atoms with E-state index < -0.39 is 12.1 Å². The molecule has 1 N–H and O–H groups in total. The molecular formula is C24H25N3O3. The Hall–Kier alpha value is -3.67. The van der Waals surface area contributed by atoms with Crippen LogP contribution in [-0.2, 0) is 14.3 Å². The molecule has 0 fully saturated rings. The molecule has 1 heterocycles. The van der Waals surface area contributed by atoms with Crippen molar-refractivity contribution >= 4 is 23.6 Å². The van der Waals surface area contributed by atoms with Crippen molar-refractivity contribution in [2.75, 3.05) is 5.32 Å². The molecule has 1 amide bonds. The van der Waals surface area contributed by atoms with Gasteiger partial charge in [-0.3, -0.25) is 4.79 Å². The maximum Gasteiger partial charge on any atom is 0.331 e. The van der Waals surface area contributed by atoms with Gasteiger partial charge >= 0.3 is 5.97 Å². The van der Waals surface area contributed by atoms with Gasteiger partial charge in [-0.1, -0.05) is 35.9 Å². The second kappa shape index (κ2) is 9.22. The number of esters is 1. The lowest BCUT2D eigenvalue weighted by molar-refractivity contribution is -0.148. The van der Waals surface area contributed by atoms with Crippen LogP contribution in [0.15, 0.2) is 60.7 Å². The molecule has 0 radical (unpaired) electrons. The number of aromatic nitrogens is 2. The fraction of sp³-hybridized carbons (Fsp3) is 0.208. The van der Waals surface area contributed by atoms with Crippen molar-refractivity contribution in [2.24, 2.45) is 0 Å². The maximum atomic E-state index is 12.2. The monoisotopic (exact) mass is 403 g/mol. The third kappa shape index (κ3) is 5.03. The van der Waals surface area contributed by atoms with E-state index >= 15 is 0 Å². The number of ether oxygens (including phenoxy) is 1. The SMILES string of the molecule is Cc1ccc(NC(=O)[C@@H](C)OC(=O)/C=C/c2c(C)nn(-c3ccccc3)c2C)cc1. The Morgan fingerprint density at radius 3 is 2.37 bits per heavy atom. The summed E-state index contributed by atoms with van der Waals surface area (Å²) in [5, 5.41) is 7.28. The Kier molecular flexibility index (Phi) is 6.47. The molecule has 0 unspecified atom stereocenters. The second-order valence-electron chi connectivity index (χ2n) is 7.10. The molecule has 2 aromatic carbocycles. The third-order valence-corrected chi connectivity index (χ3v) is 4.72.